The topological polar surface area (TPSA) is 84.5 Å². The van der Waals surface area contributed by atoms with Gasteiger partial charge in [0.1, 0.15) is 6.29 Å². The third-order valence-electron chi connectivity index (χ3n) is 3.78. The van der Waals surface area contributed by atoms with Crippen LogP contribution in [0, 0.1) is 11.8 Å². The molecule has 0 bridgehead atoms. The number of esters is 1. The van der Waals surface area contributed by atoms with Crippen molar-refractivity contribution < 1.29 is 19.1 Å². The SMILES string of the molecule is COC(=O)C1CCC(CCNCC(=O)NCC=O)CC1. The van der Waals surface area contributed by atoms with Crippen LogP contribution in [0.3, 0.4) is 0 Å². The summed E-state index contributed by atoms with van der Waals surface area (Å²) >= 11 is 0. The fourth-order valence-corrected chi connectivity index (χ4v) is 2.58. The Morgan fingerprint density at radius 2 is 1.95 bits per heavy atom. The van der Waals surface area contributed by atoms with Crippen LogP contribution in [0.2, 0.25) is 0 Å². The Morgan fingerprint density at radius 1 is 1.25 bits per heavy atom. The normalized spacial score (nSPS) is 22.1. The van der Waals surface area contributed by atoms with Gasteiger partial charge in [-0.05, 0) is 44.6 Å². The zero-order chi connectivity index (χ0) is 14.8. The molecule has 114 valence electrons. The molecule has 1 amide bonds. The predicted octanol–water partition coefficient (Wildman–Crippen LogP) is 0.261. The van der Waals surface area contributed by atoms with E-state index in [9.17, 15) is 14.4 Å². The van der Waals surface area contributed by atoms with Gasteiger partial charge in [0.2, 0.25) is 5.91 Å². The van der Waals surface area contributed by atoms with Crippen molar-refractivity contribution in [1.82, 2.24) is 10.6 Å². The molecular formula is C14H24N2O4. The summed E-state index contributed by atoms with van der Waals surface area (Å²) < 4.78 is 4.76. The van der Waals surface area contributed by atoms with Crippen LogP contribution in [-0.2, 0) is 19.1 Å². The highest BCUT2D eigenvalue weighted by Gasteiger charge is 2.26. The number of carbonyl (C=O) groups excluding carboxylic acids is 3. The molecule has 0 heterocycles. The van der Waals surface area contributed by atoms with Crippen LogP contribution in [0.5, 0.6) is 0 Å². The molecule has 0 unspecified atom stereocenters. The molecule has 0 aliphatic heterocycles. The zero-order valence-corrected chi connectivity index (χ0v) is 12.0. The molecule has 6 nitrogen and oxygen atoms in total. The molecule has 2 N–H and O–H groups in total. The molecular weight excluding hydrogens is 260 g/mol. The van der Waals surface area contributed by atoms with Crippen molar-refractivity contribution in [2.45, 2.75) is 32.1 Å². The van der Waals surface area contributed by atoms with Crippen molar-refractivity contribution in [2.24, 2.45) is 11.8 Å². The number of carbonyl (C=O) groups is 3. The minimum absolute atomic E-state index is 0.0675. The van der Waals surface area contributed by atoms with E-state index >= 15 is 0 Å². The Kier molecular flexibility index (Phi) is 7.87. The first-order chi connectivity index (χ1) is 9.67. The Bertz CT molecular complexity index is 325. The van der Waals surface area contributed by atoms with Gasteiger partial charge >= 0.3 is 5.97 Å². The van der Waals surface area contributed by atoms with Gasteiger partial charge in [0, 0.05) is 0 Å². The van der Waals surface area contributed by atoms with Crippen molar-refractivity contribution in [3.05, 3.63) is 0 Å². The zero-order valence-electron chi connectivity index (χ0n) is 12.0. The number of hydrogen-bond acceptors (Lipinski definition) is 5. The monoisotopic (exact) mass is 284 g/mol. The lowest BCUT2D eigenvalue weighted by atomic mass is 9.80. The quantitative estimate of drug-likeness (QED) is 0.379. The number of aldehydes is 1. The lowest BCUT2D eigenvalue weighted by Crippen LogP contribution is -2.35. The van der Waals surface area contributed by atoms with Crippen LogP contribution in [-0.4, -0.2) is 44.9 Å². The van der Waals surface area contributed by atoms with Gasteiger partial charge in [-0.25, -0.2) is 0 Å². The van der Waals surface area contributed by atoms with E-state index in [1.54, 1.807) is 0 Å². The van der Waals surface area contributed by atoms with Crippen molar-refractivity contribution in [2.75, 3.05) is 26.7 Å². The molecule has 0 aromatic heterocycles. The highest BCUT2D eigenvalue weighted by atomic mass is 16.5. The maximum absolute atomic E-state index is 11.4. The van der Waals surface area contributed by atoms with Gasteiger partial charge in [-0.3, -0.25) is 9.59 Å². The minimum atomic E-state index is -0.161. The highest BCUT2D eigenvalue weighted by molar-refractivity contribution is 5.80. The van der Waals surface area contributed by atoms with Crippen LogP contribution in [0.15, 0.2) is 0 Å². The highest BCUT2D eigenvalue weighted by Crippen LogP contribution is 2.31. The standard InChI is InChI=1S/C14H24N2O4/c1-20-14(19)12-4-2-11(3-5-12)6-7-15-10-13(18)16-8-9-17/h9,11-12,15H,2-8,10H2,1H3,(H,16,18). The van der Waals surface area contributed by atoms with Crippen LogP contribution in [0.25, 0.3) is 0 Å². The third-order valence-corrected chi connectivity index (χ3v) is 3.78. The van der Waals surface area contributed by atoms with Gasteiger partial charge < -0.3 is 20.2 Å². The second-order valence-electron chi connectivity index (χ2n) is 5.18. The number of amides is 1. The first kappa shape index (κ1) is 16.6. The van der Waals surface area contributed by atoms with E-state index in [0.29, 0.717) is 12.2 Å². The Balaban J connectivity index is 2.05. The van der Waals surface area contributed by atoms with Gasteiger partial charge in [-0.15, -0.1) is 0 Å². The first-order valence-corrected chi connectivity index (χ1v) is 7.16. The Hall–Kier alpha value is -1.43. The molecule has 1 fully saturated rings. The molecule has 0 radical (unpaired) electrons. The smallest absolute Gasteiger partial charge is 0.308 e. The summed E-state index contributed by atoms with van der Waals surface area (Å²) in [6.45, 7) is 1.09. The number of methoxy groups -OCH3 is 1. The van der Waals surface area contributed by atoms with Crippen molar-refractivity contribution in [3.63, 3.8) is 0 Å². The summed E-state index contributed by atoms with van der Waals surface area (Å²) in [7, 11) is 1.44. The molecule has 0 spiro atoms. The van der Waals surface area contributed by atoms with E-state index in [4.69, 9.17) is 4.74 Å². The largest absolute Gasteiger partial charge is 0.469 e. The van der Waals surface area contributed by atoms with E-state index in [1.807, 2.05) is 0 Å². The van der Waals surface area contributed by atoms with Crippen LogP contribution in [0.4, 0.5) is 0 Å². The van der Waals surface area contributed by atoms with E-state index in [-0.39, 0.29) is 30.9 Å². The van der Waals surface area contributed by atoms with E-state index < -0.39 is 0 Å². The van der Waals surface area contributed by atoms with Gasteiger partial charge in [0.25, 0.3) is 0 Å². The fourth-order valence-electron chi connectivity index (χ4n) is 2.58. The second-order valence-corrected chi connectivity index (χ2v) is 5.18. The van der Waals surface area contributed by atoms with Crippen LogP contribution >= 0.6 is 0 Å². The number of nitrogens with one attached hydrogen (secondary N) is 2. The fraction of sp³-hybridized carbons (Fsp3) is 0.786. The van der Waals surface area contributed by atoms with E-state index in [0.717, 1.165) is 38.6 Å². The van der Waals surface area contributed by atoms with Gasteiger partial charge in [-0.2, -0.15) is 0 Å². The number of hydrogen-bond donors (Lipinski definition) is 2. The average molecular weight is 284 g/mol. The number of ether oxygens (including phenoxy) is 1. The number of rotatable bonds is 8. The molecule has 0 aromatic carbocycles. The van der Waals surface area contributed by atoms with Crippen LogP contribution < -0.4 is 10.6 Å². The summed E-state index contributed by atoms with van der Waals surface area (Å²) in [4.78, 5) is 32.7. The van der Waals surface area contributed by atoms with E-state index in [1.165, 1.54) is 7.11 Å². The Morgan fingerprint density at radius 3 is 2.55 bits per heavy atom. The van der Waals surface area contributed by atoms with Gasteiger partial charge in [0.15, 0.2) is 0 Å². The van der Waals surface area contributed by atoms with Crippen molar-refractivity contribution >= 4 is 18.2 Å². The lowest BCUT2D eigenvalue weighted by molar-refractivity contribution is -0.146. The molecule has 1 rings (SSSR count). The average Bonchev–Trinajstić information content (AvgIpc) is 2.49. The third kappa shape index (κ3) is 6.14. The minimum Gasteiger partial charge on any atom is -0.469 e. The molecule has 1 aliphatic rings. The molecule has 0 saturated heterocycles. The van der Waals surface area contributed by atoms with Crippen molar-refractivity contribution in [3.8, 4) is 0 Å². The molecule has 0 atom stereocenters. The maximum atomic E-state index is 11.4. The summed E-state index contributed by atoms with van der Waals surface area (Å²) in [5.74, 6) is 0.430. The molecule has 1 aliphatic carbocycles. The van der Waals surface area contributed by atoms with Crippen molar-refractivity contribution in [1.29, 1.82) is 0 Å². The lowest BCUT2D eigenvalue weighted by Gasteiger charge is -2.26. The molecule has 0 aromatic rings. The Labute approximate surface area is 119 Å². The maximum Gasteiger partial charge on any atom is 0.308 e. The summed E-state index contributed by atoms with van der Waals surface area (Å²) in [6, 6.07) is 0. The van der Waals surface area contributed by atoms with Gasteiger partial charge in [0.05, 0.1) is 26.1 Å². The summed E-state index contributed by atoms with van der Waals surface area (Å²) in [5.41, 5.74) is 0. The second kappa shape index (κ2) is 9.47. The summed E-state index contributed by atoms with van der Waals surface area (Å²) in [5, 5.41) is 5.54. The molecule has 20 heavy (non-hydrogen) atoms. The van der Waals surface area contributed by atoms with Crippen LogP contribution in [0.1, 0.15) is 32.1 Å². The summed E-state index contributed by atoms with van der Waals surface area (Å²) in [6.07, 6.45) is 5.55. The molecule has 1 saturated carbocycles. The predicted molar refractivity (Wildman–Crippen MR) is 74.0 cm³/mol. The molecule has 6 heteroatoms. The van der Waals surface area contributed by atoms with Gasteiger partial charge in [-0.1, -0.05) is 0 Å². The van der Waals surface area contributed by atoms with E-state index in [2.05, 4.69) is 10.6 Å². The first-order valence-electron chi connectivity index (χ1n) is 7.16.